The van der Waals surface area contributed by atoms with E-state index in [-0.39, 0.29) is 5.91 Å². The van der Waals surface area contributed by atoms with E-state index in [1.807, 2.05) is 37.4 Å². The molecule has 1 fully saturated rings. The van der Waals surface area contributed by atoms with Crippen LogP contribution in [0.1, 0.15) is 34.9 Å². The SMILES string of the molecule is Cn1nc(C2CC2)cc1C(=O)Nc1cccc2cnccc12. The van der Waals surface area contributed by atoms with Crippen LogP contribution in [-0.4, -0.2) is 20.7 Å². The summed E-state index contributed by atoms with van der Waals surface area (Å²) in [6.07, 6.45) is 5.87. The number of hydrogen-bond acceptors (Lipinski definition) is 3. The summed E-state index contributed by atoms with van der Waals surface area (Å²) in [4.78, 5) is 16.7. The van der Waals surface area contributed by atoms with E-state index < -0.39 is 0 Å². The summed E-state index contributed by atoms with van der Waals surface area (Å²) in [6, 6.07) is 9.60. The highest BCUT2D eigenvalue weighted by atomic mass is 16.2. The third kappa shape index (κ3) is 2.24. The molecule has 2 aromatic heterocycles. The van der Waals surface area contributed by atoms with Crippen molar-refractivity contribution in [1.29, 1.82) is 0 Å². The molecule has 1 N–H and O–H groups in total. The average Bonchev–Trinajstić information content (AvgIpc) is 3.30. The summed E-state index contributed by atoms with van der Waals surface area (Å²) in [5, 5.41) is 9.42. The summed E-state index contributed by atoms with van der Waals surface area (Å²) in [6.45, 7) is 0. The Kier molecular flexibility index (Phi) is 2.92. The zero-order valence-corrected chi connectivity index (χ0v) is 12.3. The van der Waals surface area contributed by atoms with Crippen molar-refractivity contribution < 1.29 is 4.79 Å². The average molecular weight is 292 g/mol. The first-order chi connectivity index (χ1) is 10.7. The van der Waals surface area contributed by atoms with Crippen LogP contribution in [-0.2, 0) is 7.05 Å². The summed E-state index contributed by atoms with van der Waals surface area (Å²) < 4.78 is 1.66. The molecule has 0 atom stereocenters. The van der Waals surface area contributed by atoms with Gasteiger partial charge in [0, 0.05) is 41.8 Å². The fourth-order valence-corrected chi connectivity index (χ4v) is 2.70. The second kappa shape index (κ2) is 4.94. The van der Waals surface area contributed by atoms with Gasteiger partial charge in [0.25, 0.3) is 5.91 Å². The standard InChI is InChI=1S/C17H16N4O/c1-21-16(9-15(20-21)11-5-6-11)17(22)19-14-4-2-3-12-10-18-8-7-13(12)14/h2-4,7-11H,5-6H2,1H3,(H,19,22). The summed E-state index contributed by atoms with van der Waals surface area (Å²) in [5.74, 6) is 0.405. The van der Waals surface area contributed by atoms with Gasteiger partial charge in [0.05, 0.1) is 5.69 Å². The maximum Gasteiger partial charge on any atom is 0.273 e. The highest BCUT2D eigenvalue weighted by Gasteiger charge is 2.28. The van der Waals surface area contributed by atoms with Crippen molar-refractivity contribution in [2.45, 2.75) is 18.8 Å². The molecule has 0 saturated heterocycles. The van der Waals surface area contributed by atoms with Crippen molar-refractivity contribution in [3.05, 3.63) is 54.1 Å². The van der Waals surface area contributed by atoms with Crippen LogP contribution in [0.15, 0.2) is 42.7 Å². The second-order valence-corrected chi connectivity index (χ2v) is 5.71. The number of carbonyl (C=O) groups is 1. The third-order valence-corrected chi connectivity index (χ3v) is 4.06. The van der Waals surface area contributed by atoms with Gasteiger partial charge in [0.2, 0.25) is 0 Å². The largest absolute Gasteiger partial charge is 0.320 e. The van der Waals surface area contributed by atoms with Gasteiger partial charge >= 0.3 is 0 Å². The molecule has 1 saturated carbocycles. The second-order valence-electron chi connectivity index (χ2n) is 5.71. The molecule has 1 aliphatic rings. The fraction of sp³-hybridized carbons (Fsp3) is 0.235. The lowest BCUT2D eigenvalue weighted by Gasteiger charge is -2.08. The summed E-state index contributed by atoms with van der Waals surface area (Å²) in [7, 11) is 1.81. The predicted octanol–water partition coefficient (Wildman–Crippen LogP) is 3.10. The number of nitrogens with zero attached hydrogens (tertiary/aromatic N) is 3. The van der Waals surface area contributed by atoms with Gasteiger partial charge in [-0.05, 0) is 31.0 Å². The molecule has 1 amide bonds. The molecule has 5 heteroatoms. The Bertz CT molecular complexity index is 859. The van der Waals surface area contributed by atoms with Crippen molar-refractivity contribution in [3.63, 3.8) is 0 Å². The Morgan fingerprint density at radius 1 is 1.32 bits per heavy atom. The molecule has 5 nitrogen and oxygen atoms in total. The van der Waals surface area contributed by atoms with Crippen LogP contribution >= 0.6 is 0 Å². The van der Waals surface area contributed by atoms with E-state index in [1.165, 1.54) is 12.8 Å². The molecule has 2 heterocycles. The summed E-state index contributed by atoms with van der Waals surface area (Å²) >= 11 is 0. The maximum absolute atomic E-state index is 12.5. The van der Waals surface area contributed by atoms with Crippen molar-refractivity contribution >= 4 is 22.4 Å². The van der Waals surface area contributed by atoms with E-state index in [9.17, 15) is 4.79 Å². The number of aromatic nitrogens is 3. The van der Waals surface area contributed by atoms with Crippen LogP contribution in [0.3, 0.4) is 0 Å². The Balaban J connectivity index is 1.66. The number of amides is 1. The molecular formula is C17H16N4O. The molecule has 0 bridgehead atoms. The molecule has 0 aliphatic heterocycles. The molecule has 0 spiro atoms. The van der Waals surface area contributed by atoms with E-state index in [0.29, 0.717) is 11.6 Å². The molecule has 3 aromatic rings. The van der Waals surface area contributed by atoms with Crippen LogP contribution in [0.5, 0.6) is 0 Å². The lowest BCUT2D eigenvalue weighted by Crippen LogP contribution is -2.16. The van der Waals surface area contributed by atoms with E-state index in [2.05, 4.69) is 15.4 Å². The topological polar surface area (TPSA) is 59.8 Å². The van der Waals surface area contributed by atoms with Gasteiger partial charge in [-0.25, -0.2) is 0 Å². The molecule has 1 aromatic carbocycles. The lowest BCUT2D eigenvalue weighted by molar-refractivity contribution is 0.101. The van der Waals surface area contributed by atoms with Gasteiger partial charge in [-0.3, -0.25) is 14.5 Å². The van der Waals surface area contributed by atoms with Crippen LogP contribution in [0.25, 0.3) is 10.8 Å². The lowest BCUT2D eigenvalue weighted by atomic mass is 10.1. The van der Waals surface area contributed by atoms with Crippen LogP contribution in [0.2, 0.25) is 0 Å². The molecule has 22 heavy (non-hydrogen) atoms. The van der Waals surface area contributed by atoms with Gasteiger partial charge in [-0.15, -0.1) is 0 Å². The fourth-order valence-electron chi connectivity index (χ4n) is 2.70. The van der Waals surface area contributed by atoms with Crippen molar-refractivity contribution in [2.75, 3.05) is 5.32 Å². The quantitative estimate of drug-likeness (QED) is 0.807. The zero-order chi connectivity index (χ0) is 15.1. The van der Waals surface area contributed by atoms with Crippen LogP contribution < -0.4 is 5.32 Å². The van der Waals surface area contributed by atoms with E-state index in [0.717, 1.165) is 22.2 Å². The van der Waals surface area contributed by atoms with Gasteiger partial charge in [0.1, 0.15) is 5.69 Å². The first-order valence-electron chi connectivity index (χ1n) is 7.40. The van der Waals surface area contributed by atoms with Crippen molar-refractivity contribution in [2.24, 2.45) is 7.05 Å². The molecule has 1 aliphatic carbocycles. The third-order valence-electron chi connectivity index (χ3n) is 4.06. The number of aryl methyl sites for hydroxylation is 1. The van der Waals surface area contributed by atoms with Crippen molar-refractivity contribution in [3.8, 4) is 0 Å². The minimum absolute atomic E-state index is 0.133. The molecule has 110 valence electrons. The predicted molar refractivity (Wildman–Crippen MR) is 84.9 cm³/mol. The van der Waals surface area contributed by atoms with E-state index >= 15 is 0 Å². The number of rotatable bonds is 3. The molecule has 0 radical (unpaired) electrons. The molecule has 4 rings (SSSR count). The van der Waals surface area contributed by atoms with E-state index in [1.54, 1.807) is 17.1 Å². The number of anilines is 1. The van der Waals surface area contributed by atoms with Gasteiger partial charge in [-0.2, -0.15) is 5.10 Å². The van der Waals surface area contributed by atoms with Gasteiger partial charge < -0.3 is 5.32 Å². The number of pyridine rings is 1. The Labute approximate surface area is 128 Å². The molecule has 0 unspecified atom stereocenters. The van der Waals surface area contributed by atoms with Gasteiger partial charge in [-0.1, -0.05) is 12.1 Å². The van der Waals surface area contributed by atoms with Crippen molar-refractivity contribution in [1.82, 2.24) is 14.8 Å². The number of carbonyl (C=O) groups excluding carboxylic acids is 1. The van der Waals surface area contributed by atoms with E-state index in [4.69, 9.17) is 0 Å². The normalized spacial score (nSPS) is 14.2. The Morgan fingerprint density at radius 3 is 3.00 bits per heavy atom. The Morgan fingerprint density at radius 2 is 2.18 bits per heavy atom. The first kappa shape index (κ1) is 13.0. The zero-order valence-electron chi connectivity index (χ0n) is 12.3. The van der Waals surface area contributed by atoms with Gasteiger partial charge in [0.15, 0.2) is 0 Å². The van der Waals surface area contributed by atoms with Crippen LogP contribution in [0.4, 0.5) is 5.69 Å². The highest BCUT2D eigenvalue weighted by molar-refractivity contribution is 6.08. The maximum atomic E-state index is 12.5. The smallest absolute Gasteiger partial charge is 0.273 e. The number of benzene rings is 1. The first-order valence-corrected chi connectivity index (χ1v) is 7.40. The molecular weight excluding hydrogens is 276 g/mol. The Hall–Kier alpha value is -2.69. The minimum atomic E-state index is -0.133. The number of fused-ring (bicyclic) bond motifs is 1. The van der Waals surface area contributed by atoms with Crippen LogP contribution in [0, 0.1) is 0 Å². The summed E-state index contributed by atoms with van der Waals surface area (Å²) in [5.41, 5.74) is 2.40. The highest BCUT2D eigenvalue weighted by Crippen LogP contribution is 2.39. The number of hydrogen-bond donors (Lipinski definition) is 1. The number of nitrogens with one attached hydrogen (secondary N) is 1. The minimum Gasteiger partial charge on any atom is -0.320 e. The monoisotopic (exact) mass is 292 g/mol.